The molecular weight excluding hydrogens is 292 g/mol. The number of hydrogen-bond donors (Lipinski definition) is 1. The van der Waals surface area contributed by atoms with Gasteiger partial charge in [0.1, 0.15) is 5.75 Å². The first-order valence-corrected chi connectivity index (χ1v) is 6.44. The van der Waals surface area contributed by atoms with Crippen LogP contribution in [0.2, 0.25) is 5.02 Å². The number of rotatable bonds is 3. The SMILES string of the molecule is O=C(O)c1ccc(Oc2nncc3ccccc23)c(Cl)c1. The number of carboxylic acids is 1. The van der Waals surface area contributed by atoms with Crippen molar-refractivity contribution in [2.45, 2.75) is 0 Å². The summed E-state index contributed by atoms with van der Waals surface area (Å²) in [6, 6.07) is 11.8. The van der Waals surface area contributed by atoms with Crippen molar-refractivity contribution in [1.29, 1.82) is 0 Å². The Balaban J connectivity index is 2.01. The average Bonchev–Trinajstić information content (AvgIpc) is 2.49. The van der Waals surface area contributed by atoms with Crippen LogP contribution >= 0.6 is 11.6 Å². The standard InChI is InChI=1S/C15H9ClN2O3/c16-12-7-9(15(19)20)5-6-13(12)21-14-11-4-2-1-3-10(11)8-17-18-14/h1-8H,(H,19,20). The van der Waals surface area contributed by atoms with Crippen molar-refractivity contribution in [2.75, 3.05) is 0 Å². The minimum atomic E-state index is -1.05. The second-order valence-electron chi connectivity index (χ2n) is 4.29. The lowest BCUT2D eigenvalue weighted by atomic mass is 10.2. The largest absolute Gasteiger partial charge is 0.478 e. The Morgan fingerprint density at radius 3 is 2.76 bits per heavy atom. The maximum atomic E-state index is 10.9. The minimum absolute atomic E-state index is 0.0938. The van der Waals surface area contributed by atoms with Crippen LogP contribution in [0.25, 0.3) is 10.8 Å². The van der Waals surface area contributed by atoms with Gasteiger partial charge >= 0.3 is 5.97 Å². The highest BCUT2D eigenvalue weighted by molar-refractivity contribution is 6.32. The highest BCUT2D eigenvalue weighted by Crippen LogP contribution is 2.32. The average molecular weight is 301 g/mol. The van der Waals surface area contributed by atoms with E-state index in [2.05, 4.69) is 10.2 Å². The summed E-state index contributed by atoms with van der Waals surface area (Å²) < 4.78 is 5.66. The number of ether oxygens (including phenoxy) is 1. The number of carbonyl (C=O) groups is 1. The molecule has 1 N–H and O–H groups in total. The van der Waals surface area contributed by atoms with E-state index in [-0.39, 0.29) is 10.6 Å². The van der Waals surface area contributed by atoms with Crippen LogP contribution in [0.5, 0.6) is 11.6 Å². The molecule has 0 aliphatic heterocycles. The number of aromatic carboxylic acids is 1. The van der Waals surface area contributed by atoms with Crippen LogP contribution in [0, 0.1) is 0 Å². The second-order valence-corrected chi connectivity index (χ2v) is 4.70. The maximum absolute atomic E-state index is 10.9. The molecule has 0 bridgehead atoms. The Hall–Kier alpha value is -2.66. The van der Waals surface area contributed by atoms with E-state index in [1.807, 2.05) is 24.3 Å². The summed E-state index contributed by atoms with van der Waals surface area (Å²) in [4.78, 5) is 10.9. The first kappa shape index (κ1) is 13.3. The van der Waals surface area contributed by atoms with Crippen LogP contribution in [0.1, 0.15) is 10.4 Å². The van der Waals surface area contributed by atoms with Gasteiger partial charge in [0, 0.05) is 10.8 Å². The number of benzene rings is 2. The predicted octanol–water partition coefficient (Wildman–Crippen LogP) is 3.77. The van der Waals surface area contributed by atoms with Gasteiger partial charge in [-0.15, -0.1) is 5.10 Å². The first-order valence-electron chi connectivity index (χ1n) is 6.06. The minimum Gasteiger partial charge on any atom is -0.478 e. The molecular formula is C15H9ClN2O3. The molecule has 5 nitrogen and oxygen atoms in total. The molecule has 1 aromatic heterocycles. The van der Waals surface area contributed by atoms with Crippen molar-refractivity contribution in [2.24, 2.45) is 0 Å². The summed E-state index contributed by atoms with van der Waals surface area (Å²) in [5, 5.41) is 18.6. The highest BCUT2D eigenvalue weighted by atomic mass is 35.5. The number of halogens is 1. The zero-order valence-corrected chi connectivity index (χ0v) is 11.4. The number of nitrogens with zero attached hydrogens (tertiary/aromatic N) is 2. The molecule has 0 saturated carbocycles. The van der Waals surface area contributed by atoms with Crippen LogP contribution in [0.4, 0.5) is 0 Å². The Morgan fingerprint density at radius 1 is 1.19 bits per heavy atom. The molecule has 2 aromatic carbocycles. The summed E-state index contributed by atoms with van der Waals surface area (Å²) in [6.45, 7) is 0. The van der Waals surface area contributed by atoms with Gasteiger partial charge in [-0.3, -0.25) is 0 Å². The van der Waals surface area contributed by atoms with Crippen LogP contribution in [0.15, 0.2) is 48.7 Å². The summed E-state index contributed by atoms with van der Waals surface area (Å²) in [6.07, 6.45) is 1.64. The van der Waals surface area contributed by atoms with Gasteiger partial charge in [-0.25, -0.2) is 4.79 Å². The van der Waals surface area contributed by atoms with Crippen molar-refractivity contribution in [1.82, 2.24) is 10.2 Å². The van der Waals surface area contributed by atoms with E-state index < -0.39 is 5.97 Å². The lowest BCUT2D eigenvalue weighted by molar-refractivity contribution is 0.0697. The van der Waals surface area contributed by atoms with Gasteiger partial charge in [0.25, 0.3) is 0 Å². The topological polar surface area (TPSA) is 72.3 Å². The molecule has 3 rings (SSSR count). The van der Waals surface area contributed by atoms with Crippen molar-refractivity contribution >= 4 is 28.3 Å². The molecule has 0 atom stereocenters. The van der Waals surface area contributed by atoms with Crippen molar-refractivity contribution in [3.05, 3.63) is 59.2 Å². The molecule has 3 aromatic rings. The van der Waals surface area contributed by atoms with Gasteiger partial charge in [-0.05, 0) is 24.3 Å². The maximum Gasteiger partial charge on any atom is 0.335 e. The molecule has 6 heteroatoms. The molecule has 104 valence electrons. The Morgan fingerprint density at radius 2 is 2.00 bits per heavy atom. The third-order valence-electron chi connectivity index (χ3n) is 2.92. The zero-order chi connectivity index (χ0) is 14.8. The third-order valence-corrected chi connectivity index (χ3v) is 3.22. The fraction of sp³-hybridized carbons (Fsp3) is 0. The first-order chi connectivity index (χ1) is 10.1. The zero-order valence-electron chi connectivity index (χ0n) is 10.7. The monoisotopic (exact) mass is 300 g/mol. The quantitative estimate of drug-likeness (QED) is 0.797. The molecule has 1 heterocycles. The number of fused-ring (bicyclic) bond motifs is 1. The van der Waals surface area contributed by atoms with Crippen molar-refractivity contribution < 1.29 is 14.6 Å². The fourth-order valence-corrected chi connectivity index (χ4v) is 2.12. The van der Waals surface area contributed by atoms with Gasteiger partial charge in [0.05, 0.1) is 16.8 Å². The van der Waals surface area contributed by atoms with Gasteiger partial charge in [0.2, 0.25) is 5.88 Å². The van der Waals surface area contributed by atoms with Gasteiger partial charge in [-0.2, -0.15) is 5.10 Å². The molecule has 0 radical (unpaired) electrons. The molecule has 21 heavy (non-hydrogen) atoms. The van der Waals surface area contributed by atoms with Gasteiger partial charge in [-0.1, -0.05) is 29.8 Å². The Bertz CT molecular complexity index is 831. The molecule has 0 saturated heterocycles. The summed E-state index contributed by atoms with van der Waals surface area (Å²) in [5.74, 6) is -0.404. The van der Waals surface area contributed by atoms with E-state index in [0.29, 0.717) is 11.6 Å². The summed E-state index contributed by atoms with van der Waals surface area (Å²) in [7, 11) is 0. The van der Waals surface area contributed by atoms with Crippen LogP contribution < -0.4 is 4.74 Å². The normalized spacial score (nSPS) is 10.5. The Labute approximate surface area is 124 Å². The Kier molecular flexibility index (Phi) is 3.41. The summed E-state index contributed by atoms with van der Waals surface area (Å²) >= 11 is 6.04. The smallest absolute Gasteiger partial charge is 0.335 e. The second kappa shape index (κ2) is 5.38. The van der Waals surface area contributed by atoms with E-state index in [1.165, 1.54) is 18.2 Å². The molecule has 0 spiro atoms. The van der Waals surface area contributed by atoms with Crippen molar-refractivity contribution in [3.8, 4) is 11.6 Å². The number of aromatic nitrogens is 2. The van der Waals surface area contributed by atoms with Crippen LogP contribution in [-0.4, -0.2) is 21.3 Å². The van der Waals surface area contributed by atoms with E-state index in [1.54, 1.807) is 6.20 Å². The van der Waals surface area contributed by atoms with E-state index in [0.717, 1.165) is 10.8 Å². The van der Waals surface area contributed by atoms with Gasteiger partial charge in [0.15, 0.2) is 0 Å². The molecule has 0 fully saturated rings. The van der Waals surface area contributed by atoms with E-state index in [4.69, 9.17) is 21.4 Å². The molecule has 0 amide bonds. The van der Waals surface area contributed by atoms with E-state index >= 15 is 0 Å². The molecule has 0 aliphatic carbocycles. The molecule has 0 unspecified atom stereocenters. The van der Waals surface area contributed by atoms with Crippen LogP contribution in [-0.2, 0) is 0 Å². The lowest BCUT2D eigenvalue weighted by Gasteiger charge is -2.08. The lowest BCUT2D eigenvalue weighted by Crippen LogP contribution is -1.97. The molecule has 0 aliphatic rings. The van der Waals surface area contributed by atoms with Gasteiger partial charge < -0.3 is 9.84 Å². The van der Waals surface area contributed by atoms with Crippen LogP contribution in [0.3, 0.4) is 0 Å². The fourth-order valence-electron chi connectivity index (χ4n) is 1.90. The number of carboxylic acid groups (broad SMARTS) is 1. The highest BCUT2D eigenvalue weighted by Gasteiger charge is 2.11. The predicted molar refractivity (Wildman–Crippen MR) is 78.0 cm³/mol. The third kappa shape index (κ3) is 2.64. The number of hydrogen-bond acceptors (Lipinski definition) is 4. The van der Waals surface area contributed by atoms with E-state index in [9.17, 15) is 4.79 Å². The summed E-state index contributed by atoms with van der Waals surface area (Å²) in [5.41, 5.74) is 0.0938. The van der Waals surface area contributed by atoms with Crippen molar-refractivity contribution in [3.63, 3.8) is 0 Å².